The van der Waals surface area contributed by atoms with Crippen molar-refractivity contribution in [3.63, 3.8) is 0 Å². The molecule has 0 atom stereocenters. The number of hydrogen-bond donors (Lipinski definition) is 3. The molecule has 70 valence electrons. The Morgan fingerprint density at radius 3 is 3.08 bits per heavy atom. The largest absolute Gasteiger partial charge is 0.344 e. The van der Waals surface area contributed by atoms with Gasteiger partial charge in [0.15, 0.2) is 0 Å². The van der Waals surface area contributed by atoms with E-state index in [-0.39, 0.29) is 0 Å². The molecule has 0 unspecified atom stereocenters. The Hall–Kier alpha value is -0.220. The highest BCUT2D eigenvalue weighted by atomic mass is 32.2. The molecule has 0 aromatic carbocycles. The van der Waals surface area contributed by atoms with E-state index in [0.717, 1.165) is 19.1 Å². The lowest BCUT2D eigenvalue weighted by molar-refractivity contribution is -0.678. The molecular formula is C8H19N3S+2. The lowest BCUT2D eigenvalue weighted by Gasteiger charge is -2.02. The molecule has 1 heterocycles. The standard InChI is InChI=1S/C8H17N3S/c1-7(2)9-5-6-12-8-10-3-4-11-8/h7,9H,3-6H2,1-2H3,(H,10,11)/p+2. The van der Waals surface area contributed by atoms with E-state index in [1.807, 2.05) is 11.8 Å². The van der Waals surface area contributed by atoms with Crippen LogP contribution in [0.4, 0.5) is 0 Å². The van der Waals surface area contributed by atoms with Crippen molar-refractivity contribution < 1.29 is 10.3 Å². The fraction of sp³-hybridized carbons (Fsp3) is 0.875. The van der Waals surface area contributed by atoms with Gasteiger partial charge in [-0.3, -0.25) is 10.3 Å². The Labute approximate surface area is 78.4 Å². The molecule has 0 saturated heterocycles. The third-order valence-corrected chi connectivity index (χ3v) is 2.72. The van der Waals surface area contributed by atoms with Crippen LogP contribution in [0.15, 0.2) is 0 Å². The highest BCUT2D eigenvalue weighted by Gasteiger charge is 2.12. The minimum atomic E-state index is 0.722. The first-order valence-corrected chi connectivity index (χ1v) is 5.58. The minimum Gasteiger partial charge on any atom is -0.344 e. The molecule has 0 amide bonds. The highest BCUT2D eigenvalue weighted by molar-refractivity contribution is 8.13. The van der Waals surface area contributed by atoms with Gasteiger partial charge in [-0.1, -0.05) is 0 Å². The van der Waals surface area contributed by atoms with Crippen molar-refractivity contribution in [1.82, 2.24) is 5.32 Å². The highest BCUT2D eigenvalue weighted by Crippen LogP contribution is 1.94. The van der Waals surface area contributed by atoms with Gasteiger partial charge in [-0.05, 0) is 25.6 Å². The molecule has 0 aromatic heterocycles. The van der Waals surface area contributed by atoms with Gasteiger partial charge >= 0.3 is 5.17 Å². The molecule has 12 heavy (non-hydrogen) atoms. The van der Waals surface area contributed by atoms with E-state index in [4.69, 9.17) is 0 Å². The molecule has 4 heteroatoms. The molecule has 1 rings (SSSR count). The normalized spacial score (nSPS) is 16.4. The van der Waals surface area contributed by atoms with Gasteiger partial charge in [-0.2, -0.15) is 0 Å². The molecule has 3 nitrogen and oxygen atoms in total. The van der Waals surface area contributed by atoms with Crippen molar-refractivity contribution in [3.8, 4) is 0 Å². The SMILES string of the molecule is CC(C)[NH2+]CCSC1=[NH+]CCN1. The average molecular weight is 189 g/mol. The molecule has 0 spiro atoms. The minimum absolute atomic E-state index is 0.722. The maximum Gasteiger partial charge on any atom is 0.304 e. The average Bonchev–Trinajstić information content (AvgIpc) is 2.49. The number of thioether (sulfide) groups is 1. The zero-order valence-electron chi connectivity index (χ0n) is 7.89. The van der Waals surface area contributed by atoms with Crippen LogP contribution in [0.2, 0.25) is 0 Å². The molecule has 0 saturated carbocycles. The van der Waals surface area contributed by atoms with Crippen LogP contribution in [0.3, 0.4) is 0 Å². The number of quaternary nitrogens is 1. The van der Waals surface area contributed by atoms with E-state index in [1.54, 1.807) is 0 Å². The van der Waals surface area contributed by atoms with Gasteiger partial charge in [0.1, 0.15) is 13.1 Å². The molecule has 0 aromatic rings. The van der Waals surface area contributed by atoms with E-state index in [1.165, 1.54) is 17.5 Å². The summed E-state index contributed by atoms with van der Waals surface area (Å²) in [4.78, 5) is 3.30. The van der Waals surface area contributed by atoms with Crippen LogP contribution in [0.1, 0.15) is 13.8 Å². The van der Waals surface area contributed by atoms with Crippen molar-refractivity contribution >= 4 is 16.9 Å². The molecule has 1 aliphatic rings. The van der Waals surface area contributed by atoms with Crippen LogP contribution in [0.25, 0.3) is 0 Å². The molecule has 4 N–H and O–H groups in total. The summed E-state index contributed by atoms with van der Waals surface area (Å²) in [5.41, 5.74) is 0. The Kier molecular flexibility index (Phi) is 4.46. The zero-order valence-corrected chi connectivity index (χ0v) is 8.71. The summed E-state index contributed by atoms with van der Waals surface area (Å²) in [5.74, 6) is 1.19. The first-order valence-electron chi connectivity index (χ1n) is 4.60. The Bertz CT molecular complexity index is 156. The summed E-state index contributed by atoms with van der Waals surface area (Å²) in [6.07, 6.45) is 0. The Morgan fingerprint density at radius 1 is 1.67 bits per heavy atom. The smallest absolute Gasteiger partial charge is 0.304 e. The van der Waals surface area contributed by atoms with E-state index in [2.05, 4.69) is 29.5 Å². The molecular weight excluding hydrogens is 170 g/mol. The van der Waals surface area contributed by atoms with E-state index in [0.29, 0.717) is 0 Å². The topological polar surface area (TPSA) is 42.6 Å². The van der Waals surface area contributed by atoms with Crippen molar-refractivity contribution in [2.24, 2.45) is 0 Å². The second-order valence-electron chi connectivity index (χ2n) is 3.30. The van der Waals surface area contributed by atoms with Crippen molar-refractivity contribution in [3.05, 3.63) is 0 Å². The monoisotopic (exact) mass is 189 g/mol. The maximum absolute atomic E-state index is 3.30. The van der Waals surface area contributed by atoms with Gasteiger partial charge in [0, 0.05) is 0 Å². The number of rotatable bonds is 4. The summed E-state index contributed by atoms with van der Waals surface area (Å²) in [6, 6.07) is 0.722. The van der Waals surface area contributed by atoms with Crippen LogP contribution in [0, 0.1) is 0 Å². The van der Waals surface area contributed by atoms with Crippen molar-refractivity contribution in [1.29, 1.82) is 0 Å². The van der Waals surface area contributed by atoms with E-state index >= 15 is 0 Å². The second kappa shape index (κ2) is 5.43. The number of hydrogen-bond acceptors (Lipinski definition) is 2. The quantitative estimate of drug-likeness (QED) is 0.437. The molecule has 1 aliphatic heterocycles. The second-order valence-corrected chi connectivity index (χ2v) is 4.40. The fourth-order valence-electron chi connectivity index (χ4n) is 1.08. The lowest BCUT2D eigenvalue weighted by atomic mass is 10.4. The zero-order chi connectivity index (χ0) is 8.81. The van der Waals surface area contributed by atoms with Gasteiger partial charge in [-0.25, -0.2) is 0 Å². The van der Waals surface area contributed by atoms with Crippen LogP contribution >= 0.6 is 11.8 Å². The maximum atomic E-state index is 3.30. The van der Waals surface area contributed by atoms with E-state index in [9.17, 15) is 0 Å². The third kappa shape index (κ3) is 3.97. The van der Waals surface area contributed by atoms with Gasteiger partial charge in [0.25, 0.3) is 0 Å². The first-order chi connectivity index (χ1) is 5.79. The number of nitrogens with two attached hydrogens (primary N) is 1. The summed E-state index contributed by atoms with van der Waals surface area (Å²) >= 11 is 1.89. The van der Waals surface area contributed by atoms with Gasteiger partial charge in [0.2, 0.25) is 0 Å². The van der Waals surface area contributed by atoms with Crippen molar-refractivity contribution in [2.45, 2.75) is 19.9 Å². The van der Waals surface area contributed by atoms with Gasteiger partial charge < -0.3 is 5.32 Å². The van der Waals surface area contributed by atoms with Gasteiger partial charge in [-0.15, -0.1) is 0 Å². The van der Waals surface area contributed by atoms with Crippen LogP contribution in [-0.2, 0) is 0 Å². The van der Waals surface area contributed by atoms with Crippen LogP contribution < -0.4 is 15.6 Å². The number of nitrogens with one attached hydrogen (secondary N) is 2. The molecule has 0 radical (unpaired) electrons. The Balaban J connectivity index is 1.95. The van der Waals surface area contributed by atoms with Crippen LogP contribution in [-0.4, -0.2) is 36.6 Å². The third-order valence-electron chi connectivity index (χ3n) is 1.70. The molecule has 0 aliphatic carbocycles. The lowest BCUT2D eigenvalue weighted by Crippen LogP contribution is -2.89. The first kappa shape index (κ1) is 9.86. The van der Waals surface area contributed by atoms with Crippen LogP contribution in [0.5, 0.6) is 0 Å². The fourth-order valence-corrected chi connectivity index (χ4v) is 1.95. The van der Waals surface area contributed by atoms with Crippen molar-refractivity contribution in [2.75, 3.05) is 25.4 Å². The predicted molar refractivity (Wildman–Crippen MR) is 53.2 cm³/mol. The summed E-state index contributed by atoms with van der Waals surface area (Å²) in [7, 11) is 0. The predicted octanol–water partition coefficient (Wildman–Crippen LogP) is -2.27. The van der Waals surface area contributed by atoms with Gasteiger partial charge in [0.05, 0.1) is 18.3 Å². The summed E-state index contributed by atoms with van der Waals surface area (Å²) in [5, 5.41) is 6.92. The number of amidine groups is 1. The molecule has 0 bridgehead atoms. The Morgan fingerprint density at radius 2 is 2.50 bits per heavy atom. The van der Waals surface area contributed by atoms with E-state index < -0.39 is 0 Å². The summed E-state index contributed by atoms with van der Waals surface area (Å²) in [6.45, 7) is 7.81. The summed E-state index contributed by atoms with van der Waals surface area (Å²) < 4.78 is 0. The molecule has 0 fully saturated rings.